The monoisotopic (exact) mass is 333 g/mol. The number of ether oxygens (including phenoxy) is 1. The van der Waals surface area contributed by atoms with Crippen molar-refractivity contribution in [2.24, 2.45) is 5.92 Å². The van der Waals surface area contributed by atoms with Crippen LogP contribution >= 0.6 is 0 Å². The van der Waals surface area contributed by atoms with Crippen LogP contribution in [0.25, 0.3) is 0 Å². The minimum Gasteiger partial charge on any atom is -0.489 e. The zero-order valence-electron chi connectivity index (χ0n) is 15.1. The molecule has 2 aromatic rings. The molecule has 1 aliphatic rings. The van der Waals surface area contributed by atoms with Gasteiger partial charge in [-0.1, -0.05) is 44.0 Å². The molecule has 0 aromatic heterocycles. The number of nitrogens with zero attached hydrogens (tertiary/aromatic N) is 1. The molecule has 2 nitrogen and oxygen atoms in total. The molecular formula is C23H27NO. The van der Waals surface area contributed by atoms with E-state index in [0.29, 0.717) is 12.2 Å². The Morgan fingerprint density at radius 2 is 1.64 bits per heavy atom. The lowest BCUT2D eigenvalue weighted by Crippen LogP contribution is -2.13. The molecule has 0 atom stereocenters. The van der Waals surface area contributed by atoms with Crippen molar-refractivity contribution in [3.63, 3.8) is 0 Å². The zero-order chi connectivity index (χ0) is 17.5. The van der Waals surface area contributed by atoms with Crippen LogP contribution in [-0.4, -0.2) is 0 Å². The first-order valence-corrected chi connectivity index (χ1v) is 9.50. The van der Waals surface area contributed by atoms with Gasteiger partial charge >= 0.3 is 0 Å². The number of hydrogen-bond acceptors (Lipinski definition) is 2. The first kappa shape index (κ1) is 17.5. The van der Waals surface area contributed by atoms with Crippen LogP contribution in [0.5, 0.6) is 5.75 Å². The van der Waals surface area contributed by atoms with Gasteiger partial charge in [0.2, 0.25) is 0 Å². The highest BCUT2D eigenvalue weighted by Crippen LogP contribution is 2.37. The van der Waals surface area contributed by atoms with Gasteiger partial charge in [-0.05, 0) is 72.9 Å². The van der Waals surface area contributed by atoms with Crippen LogP contribution in [0.1, 0.15) is 68.1 Å². The normalized spacial score (nSPS) is 20.0. The Hall–Kier alpha value is -2.27. The molecule has 2 aromatic carbocycles. The van der Waals surface area contributed by atoms with Crippen molar-refractivity contribution in [2.45, 2.75) is 58.0 Å². The van der Waals surface area contributed by atoms with Gasteiger partial charge in [-0.2, -0.15) is 5.26 Å². The summed E-state index contributed by atoms with van der Waals surface area (Å²) in [5, 5.41) is 8.83. The van der Waals surface area contributed by atoms with Crippen molar-refractivity contribution < 1.29 is 4.74 Å². The van der Waals surface area contributed by atoms with Crippen LogP contribution < -0.4 is 4.74 Å². The second-order valence-corrected chi connectivity index (χ2v) is 7.17. The van der Waals surface area contributed by atoms with E-state index in [-0.39, 0.29) is 0 Å². The molecule has 0 spiro atoms. The highest BCUT2D eigenvalue weighted by atomic mass is 16.5. The van der Waals surface area contributed by atoms with E-state index in [1.54, 1.807) is 0 Å². The fourth-order valence-electron chi connectivity index (χ4n) is 3.87. The Bertz CT molecular complexity index is 688. The molecular weight excluding hydrogens is 306 g/mol. The summed E-state index contributed by atoms with van der Waals surface area (Å²) < 4.78 is 5.87. The maximum absolute atomic E-state index is 8.83. The summed E-state index contributed by atoms with van der Waals surface area (Å²) in [6.07, 6.45) is 8.15. The van der Waals surface area contributed by atoms with E-state index in [1.807, 2.05) is 24.3 Å². The van der Waals surface area contributed by atoms with Gasteiger partial charge < -0.3 is 4.74 Å². The maximum Gasteiger partial charge on any atom is 0.119 e. The predicted octanol–water partition coefficient (Wildman–Crippen LogP) is 6.21. The number of nitriles is 1. The van der Waals surface area contributed by atoms with Crippen LogP contribution in [-0.2, 0) is 6.61 Å². The molecule has 0 aliphatic heterocycles. The van der Waals surface area contributed by atoms with Crippen molar-refractivity contribution in [3.8, 4) is 11.8 Å². The molecule has 1 aliphatic carbocycles. The van der Waals surface area contributed by atoms with Crippen LogP contribution in [0.15, 0.2) is 48.5 Å². The van der Waals surface area contributed by atoms with Gasteiger partial charge in [-0.3, -0.25) is 0 Å². The third-order valence-corrected chi connectivity index (χ3v) is 5.38. The Morgan fingerprint density at radius 3 is 2.24 bits per heavy atom. The number of hydrogen-bond donors (Lipinski definition) is 0. The van der Waals surface area contributed by atoms with Gasteiger partial charge in [0.05, 0.1) is 11.6 Å². The zero-order valence-corrected chi connectivity index (χ0v) is 15.1. The Balaban J connectivity index is 1.51. The van der Waals surface area contributed by atoms with E-state index in [4.69, 9.17) is 10.00 Å². The summed E-state index contributed by atoms with van der Waals surface area (Å²) in [6.45, 7) is 2.83. The van der Waals surface area contributed by atoms with Crippen molar-refractivity contribution in [1.82, 2.24) is 0 Å². The molecule has 2 heteroatoms. The van der Waals surface area contributed by atoms with Crippen molar-refractivity contribution in [3.05, 3.63) is 65.2 Å². The Morgan fingerprint density at radius 1 is 0.960 bits per heavy atom. The van der Waals surface area contributed by atoms with Gasteiger partial charge in [0.25, 0.3) is 0 Å². The molecule has 0 radical (unpaired) electrons. The van der Waals surface area contributed by atoms with E-state index in [9.17, 15) is 0 Å². The van der Waals surface area contributed by atoms with Crippen molar-refractivity contribution >= 4 is 0 Å². The molecule has 0 N–H and O–H groups in total. The molecule has 1 saturated carbocycles. The van der Waals surface area contributed by atoms with Crippen molar-refractivity contribution in [1.29, 1.82) is 5.26 Å². The molecule has 0 bridgehead atoms. The van der Waals surface area contributed by atoms with Crippen LogP contribution in [0, 0.1) is 17.2 Å². The van der Waals surface area contributed by atoms with E-state index >= 15 is 0 Å². The summed E-state index contributed by atoms with van der Waals surface area (Å²) in [5.41, 5.74) is 3.22. The second-order valence-electron chi connectivity index (χ2n) is 7.17. The molecule has 0 unspecified atom stereocenters. The summed E-state index contributed by atoms with van der Waals surface area (Å²) >= 11 is 0. The number of rotatable bonds is 6. The molecule has 1 fully saturated rings. The molecule has 0 saturated heterocycles. The molecule has 0 amide bonds. The van der Waals surface area contributed by atoms with Crippen molar-refractivity contribution in [2.75, 3.05) is 0 Å². The molecule has 130 valence electrons. The first-order chi connectivity index (χ1) is 12.3. The maximum atomic E-state index is 8.83. The largest absolute Gasteiger partial charge is 0.489 e. The average molecular weight is 333 g/mol. The standard InChI is InChI=1S/C23H27NO/c1-2-3-18-8-10-21(11-9-18)22-12-14-23(15-13-22)25-17-20-6-4-19(16-24)5-7-20/h4-7,12-15,18,21H,2-3,8-11,17H2,1H3. The van der Waals surface area contributed by atoms with Gasteiger partial charge in [0.1, 0.15) is 12.4 Å². The summed E-state index contributed by atoms with van der Waals surface area (Å²) in [6, 6.07) is 18.3. The Labute approximate surface area is 151 Å². The molecule has 3 rings (SSSR count). The van der Waals surface area contributed by atoms with Crippen LogP contribution in [0.2, 0.25) is 0 Å². The van der Waals surface area contributed by atoms with Gasteiger partial charge in [-0.15, -0.1) is 0 Å². The van der Waals surface area contributed by atoms with Gasteiger partial charge in [-0.25, -0.2) is 0 Å². The lowest BCUT2D eigenvalue weighted by molar-refractivity contribution is 0.303. The molecule has 25 heavy (non-hydrogen) atoms. The predicted molar refractivity (Wildman–Crippen MR) is 102 cm³/mol. The van der Waals surface area contributed by atoms with E-state index in [2.05, 4.69) is 37.3 Å². The summed E-state index contributed by atoms with van der Waals surface area (Å²) in [5.74, 6) is 2.59. The third-order valence-electron chi connectivity index (χ3n) is 5.38. The lowest BCUT2D eigenvalue weighted by Gasteiger charge is -2.28. The minimum atomic E-state index is 0.535. The SMILES string of the molecule is CCCC1CCC(c2ccc(OCc3ccc(C#N)cc3)cc2)CC1. The second kappa shape index (κ2) is 8.72. The first-order valence-electron chi connectivity index (χ1n) is 9.50. The minimum absolute atomic E-state index is 0.535. The topological polar surface area (TPSA) is 33.0 Å². The smallest absolute Gasteiger partial charge is 0.119 e. The average Bonchev–Trinajstić information content (AvgIpc) is 2.68. The molecule has 0 heterocycles. The highest BCUT2D eigenvalue weighted by molar-refractivity contribution is 5.32. The van der Waals surface area contributed by atoms with E-state index in [1.165, 1.54) is 44.1 Å². The summed E-state index contributed by atoms with van der Waals surface area (Å²) in [4.78, 5) is 0. The quantitative estimate of drug-likeness (QED) is 0.629. The Kier molecular flexibility index (Phi) is 6.12. The van der Waals surface area contributed by atoms with Crippen LogP contribution in [0.4, 0.5) is 0 Å². The fraction of sp³-hybridized carbons (Fsp3) is 0.435. The summed E-state index contributed by atoms with van der Waals surface area (Å²) in [7, 11) is 0. The number of benzene rings is 2. The highest BCUT2D eigenvalue weighted by Gasteiger charge is 2.21. The van der Waals surface area contributed by atoms with Gasteiger partial charge in [0, 0.05) is 0 Å². The van der Waals surface area contributed by atoms with Gasteiger partial charge in [0.15, 0.2) is 0 Å². The van der Waals surface area contributed by atoms with E-state index in [0.717, 1.165) is 23.1 Å². The van der Waals surface area contributed by atoms with Crippen LogP contribution in [0.3, 0.4) is 0 Å². The fourth-order valence-corrected chi connectivity index (χ4v) is 3.87. The lowest BCUT2D eigenvalue weighted by atomic mass is 9.77. The third kappa shape index (κ3) is 4.86. The van der Waals surface area contributed by atoms with E-state index < -0.39 is 0 Å².